The van der Waals surface area contributed by atoms with Crippen molar-refractivity contribution in [1.29, 1.82) is 0 Å². The molecule has 1 aliphatic heterocycles. The van der Waals surface area contributed by atoms with Gasteiger partial charge in [0.2, 0.25) is 5.91 Å². The fourth-order valence-electron chi connectivity index (χ4n) is 2.43. The van der Waals surface area contributed by atoms with Crippen molar-refractivity contribution < 1.29 is 23.1 Å². The van der Waals surface area contributed by atoms with Crippen LogP contribution in [-0.2, 0) is 4.79 Å². The van der Waals surface area contributed by atoms with Gasteiger partial charge in [0, 0.05) is 13.1 Å². The number of alkyl halides is 3. The fraction of sp³-hybridized carbons (Fsp3) is 0.909. The number of carbonyl (C=O) groups is 1. The standard InChI is InChI=1S/C11H17F3N2O2/c12-11(13,14)10(4-5-15-7-10)8(17)16-6-9(18)2-1-3-9/h15,18H,1-7H2,(H,16,17). The van der Waals surface area contributed by atoms with E-state index in [0.29, 0.717) is 12.8 Å². The van der Waals surface area contributed by atoms with Gasteiger partial charge < -0.3 is 15.7 Å². The lowest BCUT2D eigenvalue weighted by Gasteiger charge is -2.38. The van der Waals surface area contributed by atoms with Crippen molar-refractivity contribution in [3.8, 4) is 0 Å². The predicted molar refractivity (Wildman–Crippen MR) is 57.8 cm³/mol. The second kappa shape index (κ2) is 4.38. The third kappa shape index (κ3) is 2.21. The average Bonchev–Trinajstić information content (AvgIpc) is 2.72. The molecule has 0 aromatic carbocycles. The number of aliphatic hydroxyl groups is 1. The van der Waals surface area contributed by atoms with Crippen LogP contribution in [0.2, 0.25) is 0 Å². The van der Waals surface area contributed by atoms with Crippen LogP contribution in [-0.4, -0.2) is 42.4 Å². The summed E-state index contributed by atoms with van der Waals surface area (Å²) in [4.78, 5) is 11.8. The van der Waals surface area contributed by atoms with E-state index in [4.69, 9.17) is 0 Å². The molecule has 0 aromatic heterocycles. The number of carbonyl (C=O) groups excluding carboxylic acids is 1. The molecular weight excluding hydrogens is 249 g/mol. The molecule has 1 saturated heterocycles. The number of rotatable bonds is 3. The molecule has 18 heavy (non-hydrogen) atoms. The Kier molecular flexibility index (Phi) is 3.31. The van der Waals surface area contributed by atoms with Crippen LogP contribution in [0, 0.1) is 5.41 Å². The zero-order valence-corrected chi connectivity index (χ0v) is 9.94. The van der Waals surface area contributed by atoms with Gasteiger partial charge in [-0.25, -0.2) is 0 Å². The van der Waals surface area contributed by atoms with E-state index < -0.39 is 23.1 Å². The Hall–Kier alpha value is -0.820. The van der Waals surface area contributed by atoms with Gasteiger partial charge in [-0.1, -0.05) is 0 Å². The van der Waals surface area contributed by atoms with Crippen molar-refractivity contribution in [2.24, 2.45) is 5.41 Å². The molecule has 3 N–H and O–H groups in total. The van der Waals surface area contributed by atoms with Crippen molar-refractivity contribution >= 4 is 5.91 Å². The van der Waals surface area contributed by atoms with Gasteiger partial charge in [0.05, 0.1) is 5.60 Å². The van der Waals surface area contributed by atoms with Crippen molar-refractivity contribution in [2.75, 3.05) is 19.6 Å². The largest absolute Gasteiger partial charge is 0.404 e. The third-order valence-corrected chi connectivity index (χ3v) is 3.99. The Balaban J connectivity index is 2.01. The number of nitrogens with one attached hydrogen (secondary N) is 2. The molecule has 1 saturated carbocycles. The first kappa shape index (κ1) is 13.6. The third-order valence-electron chi connectivity index (χ3n) is 3.99. The molecule has 2 rings (SSSR count). The zero-order valence-electron chi connectivity index (χ0n) is 9.94. The Morgan fingerprint density at radius 1 is 1.33 bits per heavy atom. The summed E-state index contributed by atoms with van der Waals surface area (Å²) < 4.78 is 39.1. The summed E-state index contributed by atoms with van der Waals surface area (Å²) in [6.45, 7) is -0.304. The Morgan fingerprint density at radius 3 is 2.39 bits per heavy atom. The smallest absolute Gasteiger partial charge is 0.388 e. The van der Waals surface area contributed by atoms with Gasteiger partial charge in [-0.05, 0) is 32.2 Å². The van der Waals surface area contributed by atoms with E-state index in [0.717, 1.165) is 6.42 Å². The Morgan fingerprint density at radius 2 is 2.00 bits per heavy atom. The van der Waals surface area contributed by atoms with Gasteiger partial charge in [-0.2, -0.15) is 13.2 Å². The normalized spacial score (nSPS) is 30.9. The van der Waals surface area contributed by atoms with E-state index in [2.05, 4.69) is 10.6 Å². The van der Waals surface area contributed by atoms with Gasteiger partial charge in [0.25, 0.3) is 0 Å². The molecular formula is C11H17F3N2O2. The maximum Gasteiger partial charge on any atom is 0.404 e. The highest BCUT2D eigenvalue weighted by Gasteiger charge is 2.61. The van der Waals surface area contributed by atoms with Crippen molar-refractivity contribution in [1.82, 2.24) is 10.6 Å². The number of hydrogen-bond acceptors (Lipinski definition) is 3. The molecule has 104 valence electrons. The first-order chi connectivity index (χ1) is 8.29. The monoisotopic (exact) mass is 266 g/mol. The SMILES string of the molecule is O=C(NCC1(O)CCC1)C1(C(F)(F)F)CCNC1. The Labute approximate surface area is 103 Å². The highest BCUT2D eigenvalue weighted by Crippen LogP contribution is 2.43. The van der Waals surface area contributed by atoms with E-state index in [-0.39, 0.29) is 26.1 Å². The molecule has 1 heterocycles. The molecule has 2 fully saturated rings. The van der Waals surface area contributed by atoms with Crippen molar-refractivity contribution in [2.45, 2.75) is 37.5 Å². The molecule has 1 atom stereocenters. The molecule has 2 aliphatic rings. The molecule has 1 amide bonds. The molecule has 0 spiro atoms. The number of halogens is 3. The van der Waals surface area contributed by atoms with E-state index in [9.17, 15) is 23.1 Å². The summed E-state index contributed by atoms with van der Waals surface area (Å²) in [5, 5.41) is 14.6. The molecule has 1 aliphatic carbocycles. The van der Waals surface area contributed by atoms with E-state index >= 15 is 0 Å². The molecule has 0 aromatic rings. The van der Waals surface area contributed by atoms with Gasteiger partial charge >= 0.3 is 6.18 Å². The van der Waals surface area contributed by atoms with E-state index in [1.165, 1.54) is 0 Å². The van der Waals surface area contributed by atoms with Crippen LogP contribution in [0.25, 0.3) is 0 Å². The second-order valence-corrected chi connectivity index (χ2v) is 5.27. The van der Waals surface area contributed by atoms with Crippen molar-refractivity contribution in [3.05, 3.63) is 0 Å². The summed E-state index contributed by atoms with van der Waals surface area (Å²) in [6.07, 6.45) is -2.91. The first-order valence-electron chi connectivity index (χ1n) is 6.07. The van der Waals surface area contributed by atoms with Crippen LogP contribution in [0.15, 0.2) is 0 Å². The first-order valence-corrected chi connectivity index (χ1v) is 6.07. The Bertz CT molecular complexity index is 334. The maximum absolute atomic E-state index is 13.0. The van der Waals surface area contributed by atoms with Gasteiger partial charge in [-0.15, -0.1) is 0 Å². The highest BCUT2D eigenvalue weighted by atomic mass is 19.4. The minimum Gasteiger partial charge on any atom is -0.388 e. The number of hydrogen-bond donors (Lipinski definition) is 3. The van der Waals surface area contributed by atoms with Crippen LogP contribution in [0.4, 0.5) is 13.2 Å². The van der Waals surface area contributed by atoms with E-state index in [1.807, 2.05) is 0 Å². The van der Waals surface area contributed by atoms with Gasteiger partial charge in [0.15, 0.2) is 5.41 Å². The molecule has 1 unspecified atom stereocenters. The molecule has 0 bridgehead atoms. The molecule has 0 radical (unpaired) electrons. The summed E-state index contributed by atoms with van der Waals surface area (Å²) >= 11 is 0. The van der Waals surface area contributed by atoms with Crippen LogP contribution >= 0.6 is 0 Å². The van der Waals surface area contributed by atoms with Crippen LogP contribution in [0.1, 0.15) is 25.7 Å². The minimum absolute atomic E-state index is 0.0936. The highest BCUT2D eigenvalue weighted by molar-refractivity contribution is 5.84. The van der Waals surface area contributed by atoms with Gasteiger partial charge in [-0.3, -0.25) is 4.79 Å². The summed E-state index contributed by atoms with van der Waals surface area (Å²) in [7, 11) is 0. The lowest BCUT2D eigenvalue weighted by atomic mass is 9.79. The lowest BCUT2D eigenvalue weighted by molar-refractivity contribution is -0.216. The maximum atomic E-state index is 13.0. The zero-order chi connectivity index (χ0) is 13.4. The van der Waals surface area contributed by atoms with Crippen LogP contribution < -0.4 is 10.6 Å². The average molecular weight is 266 g/mol. The molecule has 7 heteroatoms. The van der Waals surface area contributed by atoms with Gasteiger partial charge in [0.1, 0.15) is 0 Å². The molecule has 4 nitrogen and oxygen atoms in total. The van der Waals surface area contributed by atoms with E-state index in [1.54, 1.807) is 0 Å². The van der Waals surface area contributed by atoms with Crippen LogP contribution in [0.5, 0.6) is 0 Å². The summed E-state index contributed by atoms with van der Waals surface area (Å²) in [6, 6.07) is 0. The quantitative estimate of drug-likeness (QED) is 0.699. The van der Waals surface area contributed by atoms with Crippen LogP contribution in [0.3, 0.4) is 0 Å². The summed E-state index contributed by atoms with van der Waals surface area (Å²) in [5.74, 6) is -1.03. The minimum atomic E-state index is -4.57. The number of amides is 1. The second-order valence-electron chi connectivity index (χ2n) is 5.27. The fourth-order valence-corrected chi connectivity index (χ4v) is 2.43. The lowest BCUT2D eigenvalue weighted by Crippen LogP contribution is -2.56. The topological polar surface area (TPSA) is 61.4 Å². The summed E-state index contributed by atoms with van der Waals surface area (Å²) in [5.41, 5.74) is -3.35. The predicted octanol–water partition coefficient (Wildman–Crippen LogP) is 0.560. The van der Waals surface area contributed by atoms with Crippen molar-refractivity contribution in [3.63, 3.8) is 0 Å².